The van der Waals surface area contributed by atoms with Crippen molar-refractivity contribution in [1.82, 2.24) is 9.55 Å². The minimum atomic E-state index is -1.21. The van der Waals surface area contributed by atoms with Gasteiger partial charge in [-0.05, 0) is 41.8 Å². The van der Waals surface area contributed by atoms with Crippen LogP contribution in [0.5, 0.6) is 0 Å². The SMILES string of the molecule is O=C(O)/C=C/C(=O)Nc1ccc2c(=O)n3c(nc2c1)C(=Cc1ccccc1)CC3. The number of aliphatic carboxylic acids is 1. The predicted octanol–water partition coefficient (Wildman–Crippen LogP) is 2.92. The molecule has 29 heavy (non-hydrogen) atoms. The molecule has 0 spiro atoms. The Morgan fingerprint density at radius 3 is 2.66 bits per heavy atom. The highest BCUT2D eigenvalue weighted by Gasteiger charge is 2.21. The van der Waals surface area contributed by atoms with Crippen LogP contribution in [0.1, 0.15) is 17.8 Å². The minimum Gasteiger partial charge on any atom is -0.478 e. The normalized spacial score (nSPS) is 14.4. The van der Waals surface area contributed by atoms with Crippen LogP contribution in [0.15, 0.2) is 65.5 Å². The number of fused-ring (bicyclic) bond motifs is 2. The summed E-state index contributed by atoms with van der Waals surface area (Å²) in [4.78, 5) is 39.9. The van der Waals surface area contributed by atoms with Gasteiger partial charge in [0.15, 0.2) is 0 Å². The lowest BCUT2D eigenvalue weighted by molar-refractivity contribution is -0.131. The molecule has 2 aromatic carbocycles. The fourth-order valence-corrected chi connectivity index (χ4v) is 3.31. The van der Waals surface area contributed by atoms with Crippen molar-refractivity contribution >= 4 is 40.1 Å². The van der Waals surface area contributed by atoms with E-state index >= 15 is 0 Å². The summed E-state index contributed by atoms with van der Waals surface area (Å²) < 4.78 is 1.67. The first-order chi connectivity index (χ1) is 14.0. The van der Waals surface area contributed by atoms with Crippen molar-refractivity contribution in [2.75, 3.05) is 5.32 Å². The van der Waals surface area contributed by atoms with Crippen LogP contribution >= 0.6 is 0 Å². The summed E-state index contributed by atoms with van der Waals surface area (Å²) >= 11 is 0. The molecule has 0 fully saturated rings. The Balaban J connectivity index is 1.72. The van der Waals surface area contributed by atoms with Crippen LogP contribution in [-0.2, 0) is 16.1 Å². The highest BCUT2D eigenvalue weighted by atomic mass is 16.4. The van der Waals surface area contributed by atoms with Crippen molar-refractivity contribution < 1.29 is 14.7 Å². The van der Waals surface area contributed by atoms with Gasteiger partial charge >= 0.3 is 5.97 Å². The third-order valence-electron chi connectivity index (χ3n) is 4.63. The predicted molar refractivity (Wildman–Crippen MR) is 110 cm³/mol. The summed E-state index contributed by atoms with van der Waals surface area (Å²) in [6.45, 7) is 0.578. The van der Waals surface area contributed by atoms with E-state index in [1.165, 1.54) is 0 Å². The first-order valence-corrected chi connectivity index (χ1v) is 9.04. The van der Waals surface area contributed by atoms with Crippen molar-refractivity contribution in [3.8, 4) is 0 Å². The van der Waals surface area contributed by atoms with Gasteiger partial charge in [0.1, 0.15) is 5.82 Å². The van der Waals surface area contributed by atoms with Crippen LogP contribution in [0.25, 0.3) is 22.6 Å². The summed E-state index contributed by atoms with van der Waals surface area (Å²) in [5.74, 6) is -1.16. The lowest BCUT2D eigenvalue weighted by atomic mass is 10.1. The Morgan fingerprint density at radius 1 is 1.10 bits per heavy atom. The van der Waals surface area contributed by atoms with E-state index in [-0.39, 0.29) is 5.56 Å². The second kappa shape index (κ2) is 7.55. The number of carboxylic acid groups (broad SMARTS) is 1. The molecule has 0 aliphatic carbocycles. The van der Waals surface area contributed by atoms with E-state index in [0.717, 1.165) is 29.7 Å². The molecule has 1 aliphatic rings. The molecule has 1 aliphatic heterocycles. The number of benzene rings is 2. The molecule has 0 unspecified atom stereocenters. The maximum Gasteiger partial charge on any atom is 0.328 e. The van der Waals surface area contributed by atoms with Gasteiger partial charge in [-0.3, -0.25) is 14.2 Å². The molecular formula is C22H17N3O4. The number of amides is 1. The maximum absolute atomic E-state index is 12.9. The Kier molecular flexibility index (Phi) is 4.78. The summed E-state index contributed by atoms with van der Waals surface area (Å²) in [7, 11) is 0. The first-order valence-electron chi connectivity index (χ1n) is 9.04. The molecule has 4 rings (SSSR count). The monoisotopic (exact) mass is 387 g/mol. The smallest absolute Gasteiger partial charge is 0.328 e. The average Bonchev–Trinajstić information content (AvgIpc) is 3.10. The van der Waals surface area contributed by atoms with E-state index in [4.69, 9.17) is 5.11 Å². The number of allylic oxidation sites excluding steroid dienone is 1. The van der Waals surface area contributed by atoms with E-state index in [1.807, 2.05) is 36.4 Å². The lowest BCUT2D eigenvalue weighted by Crippen LogP contribution is -2.21. The molecule has 2 heterocycles. The Labute approximate surface area is 165 Å². The van der Waals surface area contributed by atoms with Crippen molar-refractivity contribution in [2.45, 2.75) is 13.0 Å². The standard InChI is InChI=1S/C22H17N3O4/c26-19(8-9-20(27)28)23-16-6-7-17-18(13-16)24-21-15(10-11-25(21)22(17)29)12-14-4-2-1-3-5-14/h1-9,12-13H,10-11H2,(H,23,26)(H,27,28)/b9-8+,15-12?. The second-order valence-corrected chi connectivity index (χ2v) is 6.62. The van der Waals surface area contributed by atoms with Gasteiger partial charge in [-0.15, -0.1) is 0 Å². The van der Waals surface area contributed by atoms with Gasteiger partial charge in [0.05, 0.1) is 10.9 Å². The third kappa shape index (κ3) is 3.84. The van der Waals surface area contributed by atoms with Crippen molar-refractivity contribution in [3.05, 3.63) is 82.4 Å². The van der Waals surface area contributed by atoms with E-state index in [9.17, 15) is 14.4 Å². The lowest BCUT2D eigenvalue weighted by Gasteiger charge is -2.08. The number of carbonyl (C=O) groups excluding carboxylic acids is 1. The van der Waals surface area contributed by atoms with E-state index in [0.29, 0.717) is 29.0 Å². The molecule has 0 saturated carbocycles. The maximum atomic E-state index is 12.9. The number of hydrogen-bond donors (Lipinski definition) is 2. The largest absolute Gasteiger partial charge is 0.478 e. The van der Waals surface area contributed by atoms with E-state index < -0.39 is 11.9 Å². The average molecular weight is 387 g/mol. The second-order valence-electron chi connectivity index (χ2n) is 6.62. The Bertz CT molecular complexity index is 1240. The number of nitrogens with one attached hydrogen (secondary N) is 1. The molecule has 1 amide bonds. The highest BCUT2D eigenvalue weighted by Crippen LogP contribution is 2.28. The van der Waals surface area contributed by atoms with Crippen molar-refractivity contribution in [3.63, 3.8) is 0 Å². The summed E-state index contributed by atoms with van der Waals surface area (Å²) in [5.41, 5.74) is 2.80. The van der Waals surface area contributed by atoms with Crippen LogP contribution in [0, 0.1) is 0 Å². The number of hydrogen-bond acceptors (Lipinski definition) is 4. The van der Waals surface area contributed by atoms with Gasteiger partial charge in [-0.1, -0.05) is 30.3 Å². The zero-order chi connectivity index (χ0) is 20.4. The van der Waals surface area contributed by atoms with Crippen LogP contribution in [-0.4, -0.2) is 26.5 Å². The molecular weight excluding hydrogens is 370 g/mol. The van der Waals surface area contributed by atoms with Gasteiger partial charge < -0.3 is 10.4 Å². The molecule has 0 atom stereocenters. The summed E-state index contributed by atoms with van der Waals surface area (Å²) in [5, 5.41) is 11.6. The summed E-state index contributed by atoms with van der Waals surface area (Å²) in [6.07, 6.45) is 4.43. The molecule has 0 radical (unpaired) electrons. The fraction of sp³-hybridized carbons (Fsp3) is 0.0909. The molecule has 0 saturated heterocycles. The van der Waals surface area contributed by atoms with Gasteiger partial charge in [0.2, 0.25) is 5.91 Å². The van der Waals surface area contributed by atoms with Gasteiger partial charge in [0, 0.05) is 24.4 Å². The highest BCUT2D eigenvalue weighted by molar-refractivity contribution is 6.03. The number of rotatable bonds is 4. The third-order valence-corrected chi connectivity index (χ3v) is 4.63. The number of carboxylic acids is 1. The molecule has 3 aromatic rings. The zero-order valence-electron chi connectivity index (χ0n) is 15.3. The fourth-order valence-electron chi connectivity index (χ4n) is 3.31. The molecule has 1 aromatic heterocycles. The van der Waals surface area contributed by atoms with Gasteiger partial charge in [0.25, 0.3) is 5.56 Å². The van der Waals surface area contributed by atoms with Gasteiger partial charge in [-0.2, -0.15) is 0 Å². The van der Waals surface area contributed by atoms with E-state index in [2.05, 4.69) is 10.3 Å². The van der Waals surface area contributed by atoms with Crippen LogP contribution in [0.3, 0.4) is 0 Å². The number of nitrogens with zero attached hydrogens (tertiary/aromatic N) is 2. The topological polar surface area (TPSA) is 101 Å². The van der Waals surface area contributed by atoms with Gasteiger partial charge in [-0.25, -0.2) is 9.78 Å². The number of anilines is 1. The molecule has 7 heteroatoms. The quantitative estimate of drug-likeness (QED) is 0.671. The number of carbonyl (C=O) groups is 2. The minimum absolute atomic E-state index is 0.120. The van der Waals surface area contributed by atoms with E-state index in [1.54, 1.807) is 22.8 Å². The van der Waals surface area contributed by atoms with Crippen molar-refractivity contribution in [1.29, 1.82) is 0 Å². The summed E-state index contributed by atoms with van der Waals surface area (Å²) in [6, 6.07) is 14.7. The van der Waals surface area contributed by atoms with Crippen LogP contribution in [0.4, 0.5) is 5.69 Å². The van der Waals surface area contributed by atoms with Crippen LogP contribution in [0.2, 0.25) is 0 Å². The molecule has 7 nitrogen and oxygen atoms in total. The van der Waals surface area contributed by atoms with Crippen LogP contribution < -0.4 is 10.9 Å². The Hall–Kier alpha value is -4.00. The molecule has 144 valence electrons. The van der Waals surface area contributed by atoms with Crippen molar-refractivity contribution in [2.24, 2.45) is 0 Å². The molecule has 2 N–H and O–H groups in total. The number of aromatic nitrogens is 2. The zero-order valence-corrected chi connectivity index (χ0v) is 15.3. The first kappa shape index (κ1) is 18.4. The molecule has 0 bridgehead atoms. The Morgan fingerprint density at radius 2 is 1.90 bits per heavy atom.